The molecule has 0 unspecified atom stereocenters. The molecule has 1 N–H and O–H groups in total. The molecule has 2 aromatic carbocycles. The van der Waals surface area contributed by atoms with E-state index in [4.69, 9.17) is 0 Å². The Morgan fingerprint density at radius 1 is 1.08 bits per heavy atom. The Balaban J connectivity index is 1.56. The van der Waals surface area contributed by atoms with Crippen molar-refractivity contribution < 1.29 is 8.42 Å². The molecule has 4 rings (SSSR count). The van der Waals surface area contributed by atoms with Crippen LogP contribution in [0.15, 0.2) is 47.4 Å². The van der Waals surface area contributed by atoms with Crippen LogP contribution in [0, 0.1) is 0 Å². The number of nitrogens with zero attached hydrogens (tertiary/aromatic N) is 3. The summed E-state index contributed by atoms with van der Waals surface area (Å²) >= 11 is 2.60. The summed E-state index contributed by atoms with van der Waals surface area (Å²) in [5.41, 5.74) is 1.94. The zero-order valence-corrected chi connectivity index (χ0v) is 15.7. The number of fused-ring (bicyclic) bond motifs is 2. The van der Waals surface area contributed by atoms with Gasteiger partial charge in [-0.1, -0.05) is 25.1 Å². The van der Waals surface area contributed by atoms with Crippen LogP contribution in [0.4, 0.5) is 0 Å². The number of aromatic nitrogens is 3. The van der Waals surface area contributed by atoms with E-state index in [0.717, 1.165) is 27.0 Å². The minimum atomic E-state index is -3.66. The Morgan fingerprint density at radius 3 is 2.72 bits per heavy atom. The van der Waals surface area contributed by atoms with Gasteiger partial charge in [0.25, 0.3) is 0 Å². The zero-order valence-electron chi connectivity index (χ0n) is 13.2. The number of hydrogen-bond donors (Lipinski definition) is 1. The third-order valence-electron chi connectivity index (χ3n) is 3.85. The van der Waals surface area contributed by atoms with Crippen molar-refractivity contribution in [2.45, 2.75) is 17.7 Å². The second kappa shape index (κ2) is 6.41. The molecule has 0 saturated heterocycles. The molecule has 0 saturated carbocycles. The third kappa shape index (κ3) is 3.15. The number of para-hydroxylation sites is 1. The van der Waals surface area contributed by atoms with Gasteiger partial charge >= 0.3 is 0 Å². The maximum atomic E-state index is 12.7. The smallest absolute Gasteiger partial charge is 0.241 e. The van der Waals surface area contributed by atoms with Crippen LogP contribution < -0.4 is 4.72 Å². The number of sulfonamides is 1. The van der Waals surface area contributed by atoms with Gasteiger partial charge in [-0.05, 0) is 24.3 Å². The van der Waals surface area contributed by atoms with E-state index < -0.39 is 10.0 Å². The van der Waals surface area contributed by atoms with Crippen LogP contribution in [0.1, 0.15) is 17.8 Å². The van der Waals surface area contributed by atoms with E-state index in [-0.39, 0.29) is 17.4 Å². The van der Waals surface area contributed by atoms with Crippen molar-refractivity contribution in [1.82, 2.24) is 18.5 Å². The molecule has 0 aliphatic rings. The lowest BCUT2D eigenvalue weighted by molar-refractivity contribution is 0.575. The topological polar surface area (TPSA) is 84.8 Å². The van der Waals surface area contributed by atoms with Gasteiger partial charge in [0.1, 0.15) is 15.9 Å². The monoisotopic (exact) mass is 390 g/mol. The summed E-state index contributed by atoms with van der Waals surface area (Å²) in [6.07, 6.45) is 0. The van der Waals surface area contributed by atoms with E-state index in [2.05, 4.69) is 18.5 Å². The molecule has 0 radical (unpaired) electrons. The molecule has 128 valence electrons. The van der Waals surface area contributed by atoms with Crippen LogP contribution in [-0.4, -0.2) is 28.7 Å². The first-order valence-electron chi connectivity index (χ1n) is 7.61. The highest BCUT2D eigenvalue weighted by atomic mass is 32.2. The highest BCUT2D eigenvalue weighted by Crippen LogP contribution is 2.27. The maximum Gasteiger partial charge on any atom is 0.242 e. The van der Waals surface area contributed by atoms with Crippen LogP contribution in [0.2, 0.25) is 0 Å². The van der Waals surface area contributed by atoms with Crippen molar-refractivity contribution in [3.8, 4) is 0 Å². The number of thiazole rings is 1. The van der Waals surface area contributed by atoms with Gasteiger partial charge in [0.15, 0.2) is 0 Å². The molecule has 0 bridgehead atoms. The average Bonchev–Trinajstić information content (AvgIpc) is 3.25. The fourth-order valence-electron chi connectivity index (χ4n) is 2.50. The predicted octanol–water partition coefficient (Wildman–Crippen LogP) is 3.38. The summed E-state index contributed by atoms with van der Waals surface area (Å²) in [6.45, 7) is 2.24. The van der Waals surface area contributed by atoms with Gasteiger partial charge in [-0.3, -0.25) is 0 Å². The summed E-state index contributed by atoms with van der Waals surface area (Å²) in [5.74, 6) is -0.0278. The molecule has 0 amide bonds. The van der Waals surface area contributed by atoms with E-state index in [1.807, 2.05) is 31.2 Å². The van der Waals surface area contributed by atoms with E-state index in [9.17, 15) is 8.42 Å². The van der Waals surface area contributed by atoms with Gasteiger partial charge < -0.3 is 0 Å². The molecule has 1 atom stereocenters. The van der Waals surface area contributed by atoms with Gasteiger partial charge in [0, 0.05) is 12.5 Å². The van der Waals surface area contributed by atoms with Gasteiger partial charge in [0.05, 0.1) is 27.0 Å². The normalized spacial score (nSPS) is 13.5. The van der Waals surface area contributed by atoms with Crippen LogP contribution in [-0.2, 0) is 10.0 Å². The average molecular weight is 391 g/mol. The molecule has 0 aliphatic carbocycles. The van der Waals surface area contributed by atoms with Crippen LogP contribution in [0.25, 0.3) is 21.3 Å². The van der Waals surface area contributed by atoms with Gasteiger partial charge in [-0.2, -0.15) is 8.75 Å². The van der Waals surface area contributed by atoms with Gasteiger partial charge in [-0.15, -0.1) is 11.3 Å². The molecule has 25 heavy (non-hydrogen) atoms. The third-order valence-corrected chi connectivity index (χ3v) is 7.12. The Labute approximate surface area is 152 Å². The fraction of sp³-hybridized carbons (Fsp3) is 0.188. The summed E-state index contributed by atoms with van der Waals surface area (Å²) in [5, 5.41) is 0.914. The van der Waals surface area contributed by atoms with Crippen LogP contribution in [0.3, 0.4) is 0 Å². The molecular formula is C16H14N4O2S3. The Kier molecular flexibility index (Phi) is 4.24. The lowest BCUT2D eigenvalue weighted by Gasteiger charge is -2.11. The Morgan fingerprint density at radius 2 is 1.88 bits per heavy atom. The van der Waals surface area contributed by atoms with E-state index in [0.29, 0.717) is 11.0 Å². The van der Waals surface area contributed by atoms with Gasteiger partial charge in [0.2, 0.25) is 10.0 Å². The lowest BCUT2D eigenvalue weighted by Crippen LogP contribution is -2.27. The molecule has 2 heterocycles. The quantitative estimate of drug-likeness (QED) is 0.565. The molecule has 0 fully saturated rings. The number of nitrogens with one attached hydrogen (secondary N) is 1. The Bertz CT molecular complexity index is 1120. The standard InChI is InChI=1S/C16H14N4O2S3/c1-10(16-18-11-5-2-3-7-13(11)23-16)9-17-25(21,22)14-8-4-6-12-15(14)20-24-19-12/h2-8,10,17H,9H2,1H3/t10-/m0/s1. The van der Waals surface area contributed by atoms with Crippen LogP contribution >= 0.6 is 23.1 Å². The number of benzene rings is 2. The molecule has 9 heteroatoms. The van der Waals surface area contributed by atoms with Crippen molar-refractivity contribution in [1.29, 1.82) is 0 Å². The molecule has 6 nitrogen and oxygen atoms in total. The highest BCUT2D eigenvalue weighted by molar-refractivity contribution is 7.89. The second-order valence-electron chi connectivity index (χ2n) is 5.66. The summed E-state index contributed by atoms with van der Waals surface area (Å²) in [6, 6.07) is 12.9. The first kappa shape index (κ1) is 16.5. The summed E-state index contributed by atoms with van der Waals surface area (Å²) in [7, 11) is -3.66. The number of hydrogen-bond acceptors (Lipinski definition) is 7. The minimum Gasteiger partial charge on any atom is -0.241 e. The second-order valence-corrected chi connectivity index (χ2v) is 8.99. The van der Waals surface area contributed by atoms with Crippen molar-refractivity contribution >= 4 is 54.3 Å². The van der Waals surface area contributed by atoms with E-state index >= 15 is 0 Å². The predicted molar refractivity (Wildman–Crippen MR) is 101 cm³/mol. The van der Waals surface area contributed by atoms with E-state index in [1.165, 1.54) is 0 Å². The van der Waals surface area contributed by atoms with Crippen LogP contribution in [0.5, 0.6) is 0 Å². The summed E-state index contributed by atoms with van der Waals surface area (Å²) < 4.78 is 37.3. The summed E-state index contributed by atoms with van der Waals surface area (Å²) in [4.78, 5) is 4.75. The molecular weight excluding hydrogens is 376 g/mol. The van der Waals surface area contributed by atoms with Gasteiger partial charge in [-0.25, -0.2) is 18.1 Å². The molecule has 4 aromatic rings. The molecule has 2 aromatic heterocycles. The first-order chi connectivity index (χ1) is 12.0. The zero-order chi connectivity index (χ0) is 17.4. The minimum absolute atomic E-state index is 0.0278. The van der Waals surface area contributed by atoms with Crippen molar-refractivity contribution in [2.24, 2.45) is 0 Å². The van der Waals surface area contributed by atoms with E-state index in [1.54, 1.807) is 29.5 Å². The first-order valence-corrected chi connectivity index (χ1v) is 10.6. The number of rotatable bonds is 5. The van der Waals surface area contributed by atoms with Crippen molar-refractivity contribution in [2.75, 3.05) is 6.54 Å². The molecule has 0 aliphatic heterocycles. The van der Waals surface area contributed by atoms with Crippen molar-refractivity contribution in [3.63, 3.8) is 0 Å². The maximum absolute atomic E-state index is 12.7. The Hall–Kier alpha value is -1.94. The largest absolute Gasteiger partial charge is 0.242 e. The van der Waals surface area contributed by atoms with Crippen molar-refractivity contribution in [3.05, 3.63) is 47.5 Å². The highest BCUT2D eigenvalue weighted by Gasteiger charge is 2.21. The lowest BCUT2D eigenvalue weighted by atomic mass is 10.2. The fourth-order valence-corrected chi connectivity index (χ4v) is 5.41. The molecule has 0 spiro atoms. The SMILES string of the molecule is C[C@@H](CNS(=O)(=O)c1cccc2nsnc12)c1nc2ccccc2s1.